The lowest BCUT2D eigenvalue weighted by molar-refractivity contribution is 0.419. The molecule has 24 heavy (non-hydrogen) atoms. The zero-order valence-electron chi connectivity index (χ0n) is 14.3. The smallest absolute Gasteiger partial charge is 0.257 e. The van der Waals surface area contributed by atoms with E-state index in [0.717, 1.165) is 17.2 Å². The van der Waals surface area contributed by atoms with Crippen molar-refractivity contribution < 1.29 is 4.52 Å². The van der Waals surface area contributed by atoms with E-state index in [4.69, 9.17) is 4.52 Å². The lowest BCUT2D eigenvalue weighted by atomic mass is 9.96. The average molecular weight is 323 g/mol. The van der Waals surface area contributed by atoms with E-state index < -0.39 is 0 Å². The van der Waals surface area contributed by atoms with E-state index in [1.807, 2.05) is 43.3 Å². The summed E-state index contributed by atoms with van der Waals surface area (Å²) in [4.78, 5) is 13.4. The van der Waals surface area contributed by atoms with E-state index in [0.29, 0.717) is 11.7 Å². The summed E-state index contributed by atoms with van der Waals surface area (Å²) in [6.45, 7) is 8.22. The van der Waals surface area contributed by atoms with Crippen LogP contribution in [0.2, 0.25) is 0 Å². The van der Waals surface area contributed by atoms with Gasteiger partial charge in [0, 0.05) is 17.2 Å². The van der Waals surface area contributed by atoms with E-state index in [1.54, 1.807) is 6.20 Å². The fourth-order valence-electron chi connectivity index (χ4n) is 2.20. The largest absolute Gasteiger partial charge is 0.360 e. The van der Waals surface area contributed by atoms with Gasteiger partial charge in [-0.1, -0.05) is 44.1 Å². The molecule has 0 saturated carbocycles. The van der Waals surface area contributed by atoms with Crippen LogP contribution in [0.3, 0.4) is 0 Å². The molecule has 0 fully saturated rings. The molecule has 0 aliphatic carbocycles. The second-order valence-electron chi connectivity index (χ2n) is 6.71. The van der Waals surface area contributed by atoms with Crippen LogP contribution in [0.25, 0.3) is 11.5 Å². The third-order valence-corrected chi connectivity index (χ3v) is 3.54. The number of rotatable bonds is 4. The van der Waals surface area contributed by atoms with Gasteiger partial charge in [0.05, 0.1) is 6.04 Å². The molecule has 0 radical (unpaired) electrons. The van der Waals surface area contributed by atoms with Gasteiger partial charge in [0.15, 0.2) is 5.82 Å². The number of nitrogens with one attached hydrogen (secondary N) is 1. The Morgan fingerprint density at radius 2 is 1.79 bits per heavy atom. The highest BCUT2D eigenvalue weighted by molar-refractivity contribution is 5.52. The maximum Gasteiger partial charge on any atom is 0.257 e. The Labute approximate surface area is 141 Å². The molecular formula is C18H21N5O. The van der Waals surface area contributed by atoms with Gasteiger partial charge < -0.3 is 9.84 Å². The van der Waals surface area contributed by atoms with Crippen molar-refractivity contribution in [3.63, 3.8) is 0 Å². The van der Waals surface area contributed by atoms with Crippen LogP contribution in [0, 0.1) is 0 Å². The minimum atomic E-state index is -0.131. The minimum absolute atomic E-state index is 0.104. The van der Waals surface area contributed by atoms with Gasteiger partial charge in [-0.25, -0.2) is 9.97 Å². The fourth-order valence-corrected chi connectivity index (χ4v) is 2.20. The lowest BCUT2D eigenvalue weighted by Gasteiger charge is -2.18. The van der Waals surface area contributed by atoms with Gasteiger partial charge in [0.1, 0.15) is 11.6 Å². The predicted molar refractivity (Wildman–Crippen MR) is 92.5 cm³/mol. The van der Waals surface area contributed by atoms with E-state index in [1.165, 1.54) is 0 Å². The van der Waals surface area contributed by atoms with Crippen LogP contribution < -0.4 is 5.32 Å². The van der Waals surface area contributed by atoms with Crippen LogP contribution in [-0.2, 0) is 5.41 Å². The number of nitrogens with zero attached hydrogens (tertiary/aromatic N) is 4. The molecule has 2 heterocycles. The molecule has 0 bridgehead atoms. The highest BCUT2D eigenvalue weighted by Crippen LogP contribution is 2.22. The van der Waals surface area contributed by atoms with Crippen LogP contribution in [0.1, 0.15) is 45.4 Å². The van der Waals surface area contributed by atoms with Crippen LogP contribution >= 0.6 is 0 Å². The molecule has 3 aromatic rings. The Balaban J connectivity index is 1.76. The maximum atomic E-state index is 5.35. The van der Waals surface area contributed by atoms with Crippen molar-refractivity contribution in [2.45, 2.75) is 39.2 Å². The summed E-state index contributed by atoms with van der Waals surface area (Å²) in [5.41, 5.74) is 0.800. The number of anilines is 1. The molecule has 0 amide bonds. The zero-order valence-corrected chi connectivity index (χ0v) is 14.3. The second kappa shape index (κ2) is 6.39. The number of benzene rings is 1. The van der Waals surface area contributed by atoms with E-state index in [2.05, 4.69) is 46.2 Å². The van der Waals surface area contributed by atoms with Gasteiger partial charge in [-0.05, 0) is 25.1 Å². The fraction of sp³-hybridized carbons (Fsp3) is 0.333. The van der Waals surface area contributed by atoms with Crippen molar-refractivity contribution in [1.29, 1.82) is 0 Å². The van der Waals surface area contributed by atoms with Gasteiger partial charge in [-0.2, -0.15) is 4.98 Å². The SMILES string of the molecule is CC(Nc1ccnc(C(C)(C)C)n1)c1noc(-c2ccccc2)n1. The Kier molecular flexibility index (Phi) is 4.29. The number of hydrogen-bond donors (Lipinski definition) is 1. The minimum Gasteiger partial charge on any atom is -0.360 e. The van der Waals surface area contributed by atoms with E-state index in [-0.39, 0.29) is 11.5 Å². The van der Waals surface area contributed by atoms with Crippen molar-refractivity contribution in [3.8, 4) is 11.5 Å². The molecule has 124 valence electrons. The van der Waals surface area contributed by atoms with Crippen molar-refractivity contribution in [2.75, 3.05) is 5.32 Å². The first-order valence-corrected chi connectivity index (χ1v) is 7.92. The molecule has 3 rings (SSSR count). The molecule has 1 atom stereocenters. The normalized spacial score (nSPS) is 12.8. The highest BCUT2D eigenvalue weighted by Gasteiger charge is 2.19. The molecule has 1 unspecified atom stereocenters. The van der Waals surface area contributed by atoms with E-state index >= 15 is 0 Å². The maximum absolute atomic E-state index is 5.35. The second-order valence-corrected chi connectivity index (χ2v) is 6.71. The first-order chi connectivity index (χ1) is 11.4. The van der Waals surface area contributed by atoms with Crippen molar-refractivity contribution in [2.24, 2.45) is 0 Å². The summed E-state index contributed by atoms with van der Waals surface area (Å²) in [6.07, 6.45) is 1.76. The van der Waals surface area contributed by atoms with Gasteiger partial charge in [-0.15, -0.1) is 0 Å². The van der Waals surface area contributed by atoms with Crippen molar-refractivity contribution in [3.05, 3.63) is 54.2 Å². The summed E-state index contributed by atoms with van der Waals surface area (Å²) in [7, 11) is 0. The summed E-state index contributed by atoms with van der Waals surface area (Å²) in [6, 6.07) is 11.4. The lowest BCUT2D eigenvalue weighted by Crippen LogP contribution is -2.17. The standard InChI is InChI=1S/C18H21N5O/c1-12(20-14-10-11-19-17(21-14)18(2,3)4)15-22-16(24-23-15)13-8-6-5-7-9-13/h5-12H,1-4H3,(H,19,20,21). The van der Waals surface area contributed by atoms with Crippen molar-refractivity contribution >= 4 is 5.82 Å². The Morgan fingerprint density at radius 1 is 1.04 bits per heavy atom. The topological polar surface area (TPSA) is 76.7 Å². The van der Waals surface area contributed by atoms with Crippen LogP contribution in [-0.4, -0.2) is 20.1 Å². The molecule has 6 heteroatoms. The molecule has 1 N–H and O–H groups in total. The Bertz CT molecular complexity index is 808. The first-order valence-electron chi connectivity index (χ1n) is 7.92. The van der Waals surface area contributed by atoms with Gasteiger partial charge >= 0.3 is 0 Å². The summed E-state index contributed by atoms with van der Waals surface area (Å²) in [5.74, 6) is 2.63. The molecule has 0 aliphatic heterocycles. The predicted octanol–water partition coefficient (Wildman–Crippen LogP) is 4.00. The van der Waals surface area contributed by atoms with Gasteiger partial charge in [-0.3, -0.25) is 0 Å². The molecule has 0 saturated heterocycles. The summed E-state index contributed by atoms with van der Waals surface area (Å²) < 4.78 is 5.35. The van der Waals surface area contributed by atoms with Crippen LogP contribution in [0.4, 0.5) is 5.82 Å². The Morgan fingerprint density at radius 3 is 2.50 bits per heavy atom. The molecule has 0 spiro atoms. The molecule has 1 aromatic carbocycles. The Hall–Kier alpha value is -2.76. The van der Waals surface area contributed by atoms with E-state index in [9.17, 15) is 0 Å². The highest BCUT2D eigenvalue weighted by atomic mass is 16.5. The van der Waals surface area contributed by atoms with Gasteiger partial charge in [0.2, 0.25) is 0 Å². The van der Waals surface area contributed by atoms with Crippen LogP contribution in [0.5, 0.6) is 0 Å². The molecule has 6 nitrogen and oxygen atoms in total. The number of aromatic nitrogens is 4. The summed E-state index contributed by atoms with van der Waals surface area (Å²) in [5, 5.41) is 7.37. The molecule has 0 aliphatic rings. The molecular weight excluding hydrogens is 302 g/mol. The third-order valence-electron chi connectivity index (χ3n) is 3.54. The van der Waals surface area contributed by atoms with Crippen LogP contribution in [0.15, 0.2) is 47.1 Å². The monoisotopic (exact) mass is 323 g/mol. The average Bonchev–Trinajstić information content (AvgIpc) is 3.05. The summed E-state index contributed by atoms with van der Waals surface area (Å²) >= 11 is 0. The zero-order chi connectivity index (χ0) is 17.2. The quantitative estimate of drug-likeness (QED) is 0.782. The first kappa shape index (κ1) is 16.1. The number of hydrogen-bond acceptors (Lipinski definition) is 6. The molecule has 2 aromatic heterocycles. The third kappa shape index (κ3) is 3.59. The van der Waals surface area contributed by atoms with Crippen molar-refractivity contribution in [1.82, 2.24) is 20.1 Å². The van der Waals surface area contributed by atoms with Gasteiger partial charge in [0.25, 0.3) is 5.89 Å².